The second-order valence-electron chi connectivity index (χ2n) is 7.48. The van der Waals surface area contributed by atoms with Gasteiger partial charge in [-0.15, -0.1) is 0 Å². The van der Waals surface area contributed by atoms with Gasteiger partial charge in [-0.1, -0.05) is 47.5 Å². The van der Waals surface area contributed by atoms with Crippen molar-refractivity contribution in [1.29, 1.82) is 0 Å². The number of carbonyl (C=O) groups excluding carboxylic acids is 2. The van der Waals surface area contributed by atoms with Crippen molar-refractivity contribution in [2.24, 2.45) is 0 Å². The monoisotopic (exact) mass is 535 g/mol. The molecule has 0 spiro atoms. The van der Waals surface area contributed by atoms with Crippen molar-refractivity contribution in [1.82, 2.24) is 5.32 Å². The summed E-state index contributed by atoms with van der Waals surface area (Å²) < 4.78 is 5.74. The Labute approximate surface area is 222 Å². The zero-order valence-electron chi connectivity index (χ0n) is 18.6. The lowest BCUT2D eigenvalue weighted by atomic mass is 10.2. The summed E-state index contributed by atoms with van der Waals surface area (Å²) in [7, 11) is 0. The van der Waals surface area contributed by atoms with Crippen molar-refractivity contribution in [3.8, 4) is 11.3 Å². The lowest BCUT2D eigenvalue weighted by Gasteiger charge is -2.10. The van der Waals surface area contributed by atoms with Crippen molar-refractivity contribution in [3.63, 3.8) is 0 Å². The molecule has 0 fully saturated rings. The van der Waals surface area contributed by atoms with Crippen LogP contribution in [-0.4, -0.2) is 16.9 Å². The number of furan rings is 1. The third kappa shape index (κ3) is 6.60. The Morgan fingerprint density at radius 1 is 0.806 bits per heavy atom. The van der Waals surface area contributed by atoms with Crippen molar-refractivity contribution in [2.45, 2.75) is 0 Å². The zero-order valence-corrected chi connectivity index (χ0v) is 21.0. The van der Waals surface area contributed by atoms with E-state index < -0.39 is 5.91 Å². The van der Waals surface area contributed by atoms with E-state index in [1.165, 1.54) is 12.2 Å². The number of hydrogen-bond acceptors (Lipinski definition) is 4. The van der Waals surface area contributed by atoms with Crippen LogP contribution in [0.15, 0.2) is 95.4 Å². The van der Waals surface area contributed by atoms with Gasteiger partial charge in [0.15, 0.2) is 5.11 Å². The average Bonchev–Trinajstić information content (AvgIpc) is 3.35. The van der Waals surface area contributed by atoms with Crippen LogP contribution in [0.2, 0.25) is 10.0 Å². The molecule has 2 amide bonds. The van der Waals surface area contributed by atoms with Crippen LogP contribution in [0.4, 0.5) is 11.4 Å². The van der Waals surface area contributed by atoms with Crippen LogP contribution in [0.25, 0.3) is 17.4 Å². The van der Waals surface area contributed by atoms with Crippen LogP contribution in [0.3, 0.4) is 0 Å². The Kier molecular flexibility index (Phi) is 8.17. The first-order chi connectivity index (χ1) is 17.4. The van der Waals surface area contributed by atoms with E-state index in [0.717, 1.165) is 0 Å². The normalized spacial score (nSPS) is 10.7. The fourth-order valence-electron chi connectivity index (χ4n) is 3.18. The summed E-state index contributed by atoms with van der Waals surface area (Å²) in [5.74, 6) is 0.356. The van der Waals surface area contributed by atoms with Crippen molar-refractivity contribution >= 4 is 69.8 Å². The molecule has 0 aliphatic rings. The molecule has 3 N–H and O–H groups in total. The Hall–Kier alpha value is -3.91. The van der Waals surface area contributed by atoms with Gasteiger partial charge in [0.05, 0.1) is 10.0 Å². The number of nitrogens with one attached hydrogen (secondary N) is 3. The molecule has 1 aromatic heterocycles. The molecule has 0 saturated carbocycles. The number of thiocarbonyl (C=S) groups is 1. The largest absolute Gasteiger partial charge is 0.457 e. The lowest BCUT2D eigenvalue weighted by molar-refractivity contribution is -0.115. The maximum Gasteiger partial charge on any atom is 0.255 e. The van der Waals surface area contributed by atoms with E-state index in [9.17, 15) is 9.59 Å². The van der Waals surface area contributed by atoms with E-state index in [2.05, 4.69) is 16.0 Å². The van der Waals surface area contributed by atoms with Gasteiger partial charge >= 0.3 is 0 Å². The van der Waals surface area contributed by atoms with Gasteiger partial charge in [0, 0.05) is 28.6 Å². The quantitative estimate of drug-likeness (QED) is 0.182. The molecule has 3 aromatic carbocycles. The number of hydrogen-bond donors (Lipinski definition) is 3. The molecule has 4 aromatic rings. The van der Waals surface area contributed by atoms with Gasteiger partial charge in [-0.3, -0.25) is 14.9 Å². The highest BCUT2D eigenvalue weighted by Crippen LogP contribution is 2.34. The van der Waals surface area contributed by atoms with Gasteiger partial charge < -0.3 is 15.1 Å². The van der Waals surface area contributed by atoms with Crippen molar-refractivity contribution in [2.75, 3.05) is 10.6 Å². The molecule has 1 heterocycles. The molecule has 0 bridgehead atoms. The fourth-order valence-corrected chi connectivity index (χ4v) is 3.80. The molecular formula is C27H19Cl2N3O3S. The van der Waals surface area contributed by atoms with Gasteiger partial charge in [0.2, 0.25) is 5.91 Å². The predicted octanol–water partition coefficient (Wildman–Crippen LogP) is 7.03. The van der Waals surface area contributed by atoms with E-state index in [-0.39, 0.29) is 11.0 Å². The number of anilines is 2. The van der Waals surface area contributed by atoms with Crippen molar-refractivity contribution < 1.29 is 14.0 Å². The third-order valence-corrected chi connectivity index (χ3v) is 5.94. The minimum atomic E-state index is -0.432. The first-order valence-electron chi connectivity index (χ1n) is 10.7. The SMILES string of the molecule is O=C(C=Cc1ccc(-c2cccc(Cl)c2Cl)o1)NC(=S)Nc1ccc(NC(=O)c2ccccc2)cc1. The second-order valence-corrected chi connectivity index (χ2v) is 8.67. The van der Waals surface area contributed by atoms with Gasteiger partial charge in [-0.05, 0) is 79.0 Å². The maximum atomic E-state index is 12.2. The molecule has 0 atom stereocenters. The molecule has 0 aliphatic heterocycles. The van der Waals surface area contributed by atoms with E-state index in [0.29, 0.717) is 44.1 Å². The summed E-state index contributed by atoms with van der Waals surface area (Å²) in [6, 6.07) is 24.6. The minimum absolute atomic E-state index is 0.122. The third-order valence-electron chi connectivity index (χ3n) is 4.92. The van der Waals surface area contributed by atoms with Crippen molar-refractivity contribution in [3.05, 3.63) is 112 Å². The first-order valence-corrected chi connectivity index (χ1v) is 11.9. The summed E-state index contributed by atoms with van der Waals surface area (Å²) >= 11 is 17.5. The summed E-state index contributed by atoms with van der Waals surface area (Å²) in [6.07, 6.45) is 2.82. The topological polar surface area (TPSA) is 83.4 Å². The summed E-state index contributed by atoms with van der Waals surface area (Å²) in [4.78, 5) is 24.5. The Morgan fingerprint density at radius 2 is 1.50 bits per heavy atom. The van der Waals surface area contributed by atoms with E-state index in [1.54, 1.807) is 78.9 Å². The van der Waals surface area contributed by atoms with Crippen LogP contribution in [-0.2, 0) is 4.79 Å². The highest BCUT2D eigenvalue weighted by Gasteiger charge is 2.11. The molecule has 0 unspecified atom stereocenters. The summed E-state index contributed by atoms with van der Waals surface area (Å²) in [5.41, 5.74) is 2.50. The molecule has 4 rings (SSSR count). The van der Waals surface area contributed by atoms with Crippen LogP contribution in [0.1, 0.15) is 16.1 Å². The Morgan fingerprint density at radius 3 is 2.22 bits per heavy atom. The summed E-state index contributed by atoms with van der Waals surface area (Å²) in [5, 5.41) is 9.25. The number of amides is 2. The molecule has 0 aliphatic carbocycles. The minimum Gasteiger partial charge on any atom is -0.457 e. The van der Waals surface area contributed by atoms with Gasteiger partial charge in [-0.2, -0.15) is 0 Å². The number of rotatable bonds is 6. The fraction of sp³-hybridized carbons (Fsp3) is 0. The maximum absolute atomic E-state index is 12.2. The smallest absolute Gasteiger partial charge is 0.255 e. The first kappa shape index (κ1) is 25.2. The highest BCUT2D eigenvalue weighted by molar-refractivity contribution is 7.80. The van der Waals surface area contributed by atoms with Crippen LogP contribution in [0, 0.1) is 0 Å². The standard InChI is InChI=1S/C27H19Cl2N3O3S/c28-22-8-4-7-21(25(22)29)23-15-13-20(35-23)14-16-24(33)32-27(36)31-19-11-9-18(10-12-19)30-26(34)17-5-2-1-3-6-17/h1-16H,(H,30,34)(H2,31,32,33,36). The molecule has 9 heteroatoms. The molecular weight excluding hydrogens is 517 g/mol. The second kappa shape index (κ2) is 11.7. The van der Waals surface area contributed by atoms with Crippen LogP contribution in [0.5, 0.6) is 0 Å². The van der Waals surface area contributed by atoms with Gasteiger partial charge in [0.25, 0.3) is 5.91 Å². The molecule has 36 heavy (non-hydrogen) atoms. The molecule has 180 valence electrons. The van der Waals surface area contributed by atoms with Gasteiger partial charge in [0.1, 0.15) is 11.5 Å². The summed E-state index contributed by atoms with van der Waals surface area (Å²) in [6.45, 7) is 0. The van der Waals surface area contributed by atoms with E-state index >= 15 is 0 Å². The van der Waals surface area contributed by atoms with E-state index in [4.69, 9.17) is 39.8 Å². The number of carbonyl (C=O) groups is 2. The Balaban J connectivity index is 1.28. The number of halogens is 2. The van der Waals surface area contributed by atoms with E-state index in [1.807, 2.05) is 6.07 Å². The highest BCUT2D eigenvalue weighted by atomic mass is 35.5. The zero-order chi connectivity index (χ0) is 25.5. The van der Waals surface area contributed by atoms with Gasteiger partial charge in [-0.25, -0.2) is 0 Å². The molecule has 6 nitrogen and oxygen atoms in total. The van der Waals surface area contributed by atoms with Crippen LogP contribution < -0.4 is 16.0 Å². The number of benzene rings is 3. The molecule has 0 saturated heterocycles. The average molecular weight is 536 g/mol. The lowest BCUT2D eigenvalue weighted by Crippen LogP contribution is -2.32. The van der Waals surface area contributed by atoms with Crippen LogP contribution >= 0.6 is 35.4 Å². The predicted molar refractivity (Wildman–Crippen MR) is 148 cm³/mol. The Bertz CT molecular complexity index is 1430. The molecule has 0 radical (unpaired) electrons.